The molecule has 2 heterocycles. The zero-order valence-corrected chi connectivity index (χ0v) is 17.2. The maximum atomic E-state index is 12.9. The molecule has 1 atom stereocenters. The molecule has 1 fully saturated rings. The van der Waals surface area contributed by atoms with Gasteiger partial charge in [0.05, 0.1) is 11.3 Å². The van der Waals surface area contributed by atoms with Gasteiger partial charge in [0.25, 0.3) is 5.91 Å². The molecular formula is C23H28N4O3. The third-order valence-corrected chi connectivity index (χ3v) is 5.47. The van der Waals surface area contributed by atoms with Crippen molar-refractivity contribution in [2.75, 3.05) is 51.7 Å². The summed E-state index contributed by atoms with van der Waals surface area (Å²) in [4.78, 5) is 20.6. The molecule has 3 aromatic rings. The predicted octanol–water partition coefficient (Wildman–Crippen LogP) is 2.41. The first kappa shape index (κ1) is 20.4. The summed E-state index contributed by atoms with van der Waals surface area (Å²) in [6, 6.07) is 14.8. The van der Waals surface area contributed by atoms with Crippen LogP contribution in [0.2, 0.25) is 0 Å². The second-order valence-electron chi connectivity index (χ2n) is 7.76. The van der Waals surface area contributed by atoms with Crippen molar-refractivity contribution >= 4 is 22.5 Å². The minimum atomic E-state index is -0.613. The molecule has 1 aliphatic rings. The number of aromatic nitrogens is 1. The number of aromatic amines is 1. The minimum absolute atomic E-state index is 0.143. The highest BCUT2D eigenvalue weighted by atomic mass is 16.5. The highest BCUT2D eigenvalue weighted by molar-refractivity contribution is 6.10. The lowest BCUT2D eigenvalue weighted by Crippen LogP contribution is -2.47. The number of likely N-dealkylation sites (N-methyl/N-ethyl adjacent to an activating group) is 1. The average molecular weight is 409 g/mol. The first-order chi connectivity index (χ1) is 14.6. The number of para-hydroxylation sites is 1. The SMILES string of the molecule is CN1CCN(CC(O)COc2ccccc2C(=O)Nc2cccc3[nH]ccc23)CC1. The van der Waals surface area contributed by atoms with Crippen molar-refractivity contribution < 1.29 is 14.6 Å². The Morgan fingerprint density at radius 2 is 1.93 bits per heavy atom. The fourth-order valence-electron chi connectivity index (χ4n) is 3.73. The summed E-state index contributed by atoms with van der Waals surface area (Å²) in [5.41, 5.74) is 2.14. The third-order valence-electron chi connectivity index (χ3n) is 5.47. The molecule has 1 saturated heterocycles. The Morgan fingerprint density at radius 1 is 1.13 bits per heavy atom. The number of amides is 1. The number of hydrogen-bond donors (Lipinski definition) is 3. The van der Waals surface area contributed by atoms with Crippen LogP contribution in [0, 0.1) is 0 Å². The average Bonchev–Trinajstić information content (AvgIpc) is 3.24. The van der Waals surface area contributed by atoms with Crippen molar-refractivity contribution in [2.45, 2.75) is 6.10 Å². The lowest BCUT2D eigenvalue weighted by Gasteiger charge is -2.33. The van der Waals surface area contributed by atoms with Crippen LogP contribution < -0.4 is 10.1 Å². The van der Waals surface area contributed by atoms with Crippen LogP contribution >= 0.6 is 0 Å². The molecule has 7 nitrogen and oxygen atoms in total. The topological polar surface area (TPSA) is 80.8 Å². The van der Waals surface area contributed by atoms with Gasteiger partial charge in [0.15, 0.2) is 0 Å². The van der Waals surface area contributed by atoms with Crippen molar-refractivity contribution in [3.8, 4) is 5.75 Å². The van der Waals surface area contributed by atoms with Gasteiger partial charge in [-0.25, -0.2) is 0 Å². The monoisotopic (exact) mass is 408 g/mol. The smallest absolute Gasteiger partial charge is 0.259 e. The van der Waals surface area contributed by atoms with Crippen molar-refractivity contribution in [3.05, 3.63) is 60.3 Å². The fourth-order valence-corrected chi connectivity index (χ4v) is 3.73. The number of anilines is 1. The Hall–Kier alpha value is -2.87. The van der Waals surface area contributed by atoms with Crippen LogP contribution in [-0.2, 0) is 0 Å². The number of fused-ring (bicyclic) bond motifs is 1. The molecule has 2 aromatic carbocycles. The molecule has 0 aliphatic carbocycles. The maximum Gasteiger partial charge on any atom is 0.259 e. The molecule has 0 spiro atoms. The van der Waals surface area contributed by atoms with E-state index in [2.05, 4.69) is 27.1 Å². The van der Waals surface area contributed by atoms with E-state index in [9.17, 15) is 9.90 Å². The van der Waals surface area contributed by atoms with E-state index in [1.54, 1.807) is 18.2 Å². The normalized spacial score (nSPS) is 16.5. The molecular weight excluding hydrogens is 380 g/mol. The van der Waals surface area contributed by atoms with Crippen LogP contribution in [0.4, 0.5) is 5.69 Å². The van der Waals surface area contributed by atoms with Crippen LogP contribution in [0.25, 0.3) is 10.9 Å². The number of benzene rings is 2. The van der Waals surface area contributed by atoms with Gasteiger partial charge in [-0.1, -0.05) is 18.2 Å². The molecule has 7 heteroatoms. The number of β-amino-alcohol motifs (C(OH)–C–C–N with tert-alkyl or cyclic N) is 1. The van der Waals surface area contributed by atoms with Gasteiger partial charge in [-0.15, -0.1) is 0 Å². The van der Waals surface area contributed by atoms with Crippen molar-refractivity contribution in [1.29, 1.82) is 0 Å². The van der Waals surface area contributed by atoms with E-state index in [0.717, 1.165) is 42.8 Å². The van der Waals surface area contributed by atoms with E-state index >= 15 is 0 Å². The van der Waals surface area contributed by atoms with Crippen LogP contribution in [0.1, 0.15) is 10.4 Å². The summed E-state index contributed by atoms with van der Waals surface area (Å²) in [5.74, 6) is 0.224. The van der Waals surface area contributed by atoms with Gasteiger partial charge in [-0.2, -0.15) is 0 Å². The summed E-state index contributed by atoms with van der Waals surface area (Å²) < 4.78 is 5.84. The lowest BCUT2D eigenvalue weighted by atomic mass is 10.1. The fraction of sp³-hybridized carbons (Fsp3) is 0.348. The molecule has 4 rings (SSSR count). The molecule has 0 saturated carbocycles. The number of carbonyl (C=O) groups excluding carboxylic acids is 1. The minimum Gasteiger partial charge on any atom is -0.490 e. The standard InChI is InChI=1S/C23H28N4O3/c1-26-11-13-27(14-12-26)15-17(28)16-30-22-8-3-2-5-19(22)23(29)25-21-7-4-6-20-18(21)9-10-24-20/h2-10,17,24,28H,11-16H2,1H3,(H,25,29). The molecule has 30 heavy (non-hydrogen) atoms. The lowest BCUT2D eigenvalue weighted by molar-refractivity contribution is 0.0501. The van der Waals surface area contributed by atoms with Crippen molar-refractivity contribution in [1.82, 2.24) is 14.8 Å². The van der Waals surface area contributed by atoms with Gasteiger partial charge in [-0.05, 0) is 37.4 Å². The number of piperazine rings is 1. The second kappa shape index (κ2) is 9.30. The second-order valence-corrected chi connectivity index (χ2v) is 7.76. The number of aliphatic hydroxyl groups excluding tert-OH is 1. The highest BCUT2D eigenvalue weighted by Crippen LogP contribution is 2.25. The van der Waals surface area contributed by atoms with Gasteiger partial charge < -0.3 is 25.0 Å². The molecule has 3 N–H and O–H groups in total. The first-order valence-electron chi connectivity index (χ1n) is 10.3. The zero-order valence-electron chi connectivity index (χ0n) is 17.2. The quantitative estimate of drug-likeness (QED) is 0.559. The van der Waals surface area contributed by atoms with Crippen LogP contribution in [0.15, 0.2) is 54.7 Å². The third kappa shape index (κ3) is 4.81. The number of nitrogens with one attached hydrogen (secondary N) is 2. The van der Waals surface area contributed by atoms with E-state index in [4.69, 9.17) is 4.74 Å². The molecule has 1 aliphatic heterocycles. The van der Waals surface area contributed by atoms with Crippen LogP contribution in [0.5, 0.6) is 5.75 Å². The number of hydrogen-bond acceptors (Lipinski definition) is 5. The molecule has 0 bridgehead atoms. The van der Waals surface area contributed by atoms with E-state index < -0.39 is 6.10 Å². The van der Waals surface area contributed by atoms with Crippen LogP contribution in [-0.4, -0.2) is 78.3 Å². The predicted molar refractivity (Wildman–Crippen MR) is 118 cm³/mol. The highest BCUT2D eigenvalue weighted by Gasteiger charge is 2.19. The molecule has 0 radical (unpaired) electrons. The van der Waals surface area contributed by atoms with E-state index in [1.807, 2.05) is 36.5 Å². The summed E-state index contributed by atoms with van der Waals surface area (Å²) in [6.07, 6.45) is 1.23. The number of carbonyl (C=O) groups is 1. The summed E-state index contributed by atoms with van der Waals surface area (Å²) in [5, 5.41) is 14.3. The Balaban J connectivity index is 1.38. The Kier molecular flexibility index (Phi) is 6.32. The summed E-state index contributed by atoms with van der Waals surface area (Å²) in [6.45, 7) is 4.60. The van der Waals surface area contributed by atoms with Gasteiger partial charge in [0.2, 0.25) is 0 Å². The van der Waals surface area contributed by atoms with Crippen molar-refractivity contribution in [2.24, 2.45) is 0 Å². The molecule has 1 unspecified atom stereocenters. The number of H-pyrrole nitrogens is 1. The van der Waals surface area contributed by atoms with E-state index in [1.165, 1.54) is 0 Å². The Morgan fingerprint density at radius 3 is 2.77 bits per heavy atom. The van der Waals surface area contributed by atoms with Gasteiger partial charge in [-0.3, -0.25) is 9.69 Å². The number of ether oxygens (including phenoxy) is 1. The molecule has 1 amide bonds. The van der Waals surface area contributed by atoms with E-state index in [-0.39, 0.29) is 12.5 Å². The van der Waals surface area contributed by atoms with Gasteiger partial charge in [0.1, 0.15) is 18.5 Å². The summed E-state index contributed by atoms with van der Waals surface area (Å²) in [7, 11) is 2.11. The van der Waals surface area contributed by atoms with E-state index in [0.29, 0.717) is 17.9 Å². The van der Waals surface area contributed by atoms with Gasteiger partial charge >= 0.3 is 0 Å². The number of rotatable bonds is 7. The molecule has 158 valence electrons. The number of aliphatic hydroxyl groups is 1. The van der Waals surface area contributed by atoms with Crippen molar-refractivity contribution in [3.63, 3.8) is 0 Å². The first-order valence-corrected chi connectivity index (χ1v) is 10.3. The Bertz CT molecular complexity index is 995. The van der Waals surface area contributed by atoms with Gasteiger partial charge in [0, 0.05) is 49.8 Å². The number of nitrogens with zero attached hydrogens (tertiary/aromatic N) is 2. The van der Waals surface area contributed by atoms with Crippen LogP contribution in [0.3, 0.4) is 0 Å². The zero-order chi connectivity index (χ0) is 20.9. The molecule has 1 aromatic heterocycles. The Labute approximate surface area is 176 Å². The largest absolute Gasteiger partial charge is 0.490 e. The maximum absolute atomic E-state index is 12.9. The summed E-state index contributed by atoms with van der Waals surface area (Å²) >= 11 is 0.